The summed E-state index contributed by atoms with van der Waals surface area (Å²) in [6.07, 6.45) is 0. The third kappa shape index (κ3) is 5.47. The molecule has 0 aliphatic rings. The van der Waals surface area contributed by atoms with Crippen LogP contribution in [0.2, 0.25) is 0 Å². The first-order chi connectivity index (χ1) is 3.56. The zero-order valence-corrected chi connectivity index (χ0v) is 5.77. The number of hydrogen-bond acceptors (Lipinski definition) is 2. The van der Waals surface area contributed by atoms with Crippen molar-refractivity contribution < 1.29 is 4.84 Å². The summed E-state index contributed by atoms with van der Waals surface area (Å²) in [5.74, 6) is 0. The molecule has 0 amide bonds. The molecule has 2 heteroatoms. The maximum absolute atomic E-state index is 4.71. The summed E-state index contributed by atoms with van der Waals surface area (Å²) in [7, 11) is 0. The fourth-order valence-corrected chi connectivity index (χ4v) is 0.239. The highest BCUT2D eigenvalue weighted by Gasteiger charge is 2.09. The van der Waals surface area contributed by atoms with Gasteiger partial charge in [0.15, 0.2) is 0 Å². The van der Waals surface area contributed by atoms with E-state index in [1.807, 2.05) is 0 Å². The van der Waals surface area contributed by atoms with E-state index >= 15 is 0 Å². The highest BCUT2D eigenvalue weighted by atomic mass is 16.6. The van der Waals surface area contributed by atoms with Gasteiger partial charge in [-0.1, -0.05) is 20.8 Å². The molecule has 0 aliphatic carbocycles. The predicted molar refractivity (Wildman–Crippen MR) is 35.0 cm³/mol. The normalized spacial score (nSPS) is 10.9. The Labute approximate surface area is 50.5 Å². The third-order valence-corrected chi connectivity index (χ3v) is 0.589. The molecule has 0 radical (unpaired) electrons. The first-order valence-corrected chi connectivity index (χ1v) is 2.64. The van der Waals surface area contributed by atoms with E-state index in [1.165, 1.54) is 0 Å². The minimum Gasteiger partial charge on any atom is -0.396 e. The molecule has 0 rings (SSSR count). The van der Waals surface area contributed by atoms with Crippen LogP contribution in [0.15, 0.2) is 5.16 Å². The lowest BCUT2D eigenvalue weighted by Crippen LogP contribution is -2.11. The molecule has 0 aromatic rings. The topological polar surface area (TPSA) is 21.6 Å². The molecule has 0 N–H and O–H groups in total. The Hall–Kier alpha value is -0.530. The van der Waals surface area contributed by atoms with Crippen LogP contribution >= 0.6 is 0 Å². The SMILES string of the molecule is C=NOCC(C)(C)C. The second-order valence-electron chi connectivity index (χ2n) is 2.96. The molecule has 8 heavy (non-hydrogen) atoms. The van der Waals surface area contributed by atoms with Crippen molar-refractivity contribution in [1.82, 2.24) is 0 Å². The molecule has 0 bridgehead atoms. The van der Waals surface area contributed by atoms with Gasteiger partial charge in [-0.15, -0.1) is 5.16 Å². The van der Waals surface area contributed by atoms with Gasteiger partial charge in [0.05, 0.1) is 0 Å². The molecule has 0 saturated heterocycles. The third-order valence-electron chi connectivity index (χ3n) is 0.589. The Kier molecular flexibility index (Phi) is 2.52. The first-order valence-electron chi connectivity index (χ1n) is 2.64. The predicted octanol–water partition coefficient (Wildman–Crippen LogP) is 1.66. The zero-order valence-electron chi connectivity index (χ0n) is 5.77. The summed E-state index contributed by atoms with van der Waals surface area (Å²) in [5, 5.41) is 3.27. The summed E-state index contributed by atoms with van der Waals surface area (Å²) in [6.45, 7) is 10.1. The lowest BCUT2D eigenvalue weighted by molar-refractivity contribution is 0.0790. The van der Waals surface area contributed by atoms with Gasteiger partial charge < -0.3 is 4.84 Å². The van der Waals surface area contributed by atoms with Gasteiger partial charge >= 0.3 is 0 Å². The largest absolute Gasteiger partial charge is 0.396 e. The van der Waals surface area contributed by atoms with Crippen molar-refractivity contribution in [3.05, 3.63) is 0 Å². The number of nitrogens with zero attached hydrogens (tertiary/aromatic N) is 1. The van der Waals surface area contributed by atoms with Crippen molar-refractivity contribution in [1.29, 1.82) is 0 Å². The number of rotatable bonds is 2. The monoisotopic (exact) mass is 115 g/mol. The fraction of sp³-hybridized carbons (Fsp3) is 0.833. The van der Waals surface area contributed by atoms with Gasteiger partial charge in [0.1, 0.15) is 6.61 Å². The number of oxime groups is 1. The van der Waals surface area contributed by atoms with Crippen LogP contribution in [0.5, 0.6) is 0 Å². The summed E-state index contributed by atoms with van der Waals surface area (Å²) >= 11 is 0. The minimum atomic E-state index is 0.196. The van der Waals surface area contributed by atoms with E-state index in [2.05, 4.69) is 32.6 Å². The maximum atomic E-state index is 4.71. The van der Waals surface area contributed by atoms with Crippen LogP contribution in [0.25, 0.3) is 0 Å². The van der Waals surface area contributed by atoms with Crippen LogP contribution in [0.3, 0.4) is 0 Å². The highest BCUT2D eigenvalue weighted by Crippen LogP contribution is 2.12. The van der Waals surface area contributed by atoms with Crippen LogP contribution in [-0.2, 0) is 4.84 Å². The standard InChI is InChI=1S/C6H13NO/c1-6(2,3)5-8-7-4/h4-5H2,1-3H3. The van der Waals surface area contributed by atoms with E-state index in [0.717, 1.165) is 0 Å². The smallest absolute Gasteiger partial charge is 0.121 e. The van der Waals surface area contributed by atoms with E-state index in [9.17, 15) is 0 Å². The van der Waals surface area contributed by atoms with Gasteiger partial charge in [0.2, 0.25) is 0 Å². The van der Waals surface area contributed by atoms with Gasteiger partial charge in [-0.3, -0.25) is 0 Å². The number of hydrogen-bond donors (Lipinski definition) is 0. The lowest BCUT2D eigenvalue weighted by atomic mass is 9.99. The summed E-state index contributed by atoms with van der Waals surface area (Å²) in [5.41, 5.74) is 0.196. The van der Waals surface area contributed by atoms with E-state index in [-0.39, 0.29) is 5.41 Å². The van der Waals surface area contributed by atoms with Crippen molar-refractivity contribution in [2.45, 2.75) is 20.8 Å². The molecule has 0 spiro atoms. The summed E-state index contributed by atoms with van der Waals surface area (Å²) < 4.78 is 0. The molecular formula is C6H13NO. The lowest BCUT2D eigenvalue weighted by Gasteiger charge is -2.14. The Morgan fingerprint density at radius 2 is 2.00 bits per heavy atom. The van der Waals surface area contributed by atoms with Crippen LogP contribution in [-0.4, -0.2) is 13.3 Å². The van der Waals surface area contributed by atoms with Crippen LogP contribution in [0, 0.1) is 5.41 Å². The van der Waals surface area contributed by atoms with Crippen molar-refractivity contribution in [3.8, 4) is 0 Å². The van der Waals surface area contributed by atoms with Crippen molar-refractivity contribution in [2.75, 3.05) is 6.61 Å². The Morgan fingerprint density at radius 3 is 2.12 bits per heavy atom. The van der Waals surface area contributed by atoms with E-state index < -0.39 is 0 Å². The molecule has 2 nitrogen and oxygen atoms in total. The van der Waals surface area contributed by atoms with Gasteiger partial charge in [-0.05, 0) is 5.41 Å². The van der Waals surface area contributed by atoms with E-state index in [0.29, 0.717) is 6.61 Å². The second-order valence-corrected chi connectivity index (χ2v) is 2.96. The zero-order chi connectivity index (χ0) is 6.62. The molecule has 0 saturated carbocycles. The average molecular weight is 115 g/mol. The molecule has 0 aromatic heterocycles. The molecule has 0 aromatic carbocycles. The first kappa shape index (κ1) is 7.47. The quantitative estimate of drug-likeness (QED) is 0.396. The van der Waals surface area contributed by atoms with Crippen LogP contribution < -0.4 is 0 Å². The molecular weight excluding hydrogens is 102 g/mol. The fourth-order valence-electron chi connectivity index (χ4n) is 0.239. The molecule has 0 fully saturated rings. The highest BCUT2D eigenvalue weighted by molar-refractivity contribution is 5.21. The van der Waals surface area contributed by atoms with Crippen molar-refractivity contribution in [3.63, 3.8) is 0 Å². The van der Waals surface area contributed by atoms with Gasteiger partial charge in [0.25, 0.3) is 0 Å². The molecule has 0 aliphatic heterocycles. The van der Waals surface area contributed by atoms with E-state index in [4.69, 9.17) is 4.84 Å². The molecule has 0 heterocycles. The molecule has 0 unspecified atom stereocenters. The van der Waals surface area contributed by atoms with Gasteiger partial charge in [-0.25, -0.2) is 0 Å². The van der Waals surface area contributed by atoms with Crippen LogP contribution in [0.4, 0.5) is 0 Å². The Bertz CT molecular complexity index is 73.1. The van der Waals surface area contributed by atoms with Gasteiger partial charge in [-0.2, -0.15) is 0 Å². The Balaban J connectivity index is 3.24. The molecule has 48 valence electrons. The van der Waals surface area contributed by atoms with Crippen molar-refractivity contribution in [2.24, 2.45) is 10.6 Å². The van der Waals surface area contributed by atoms with Crippen LogP contribution in [0.1, 0.15) is 20.8 Å². The minimum absolute atomic E-state index is 0.196. The second kappa shape index (κ2) is 2.70. The molecule has 0 atom stereocenters. The maximum Gasteiger partial charge on any atom is 0.121 e. The van der Waals surface area contributed by atoms with E-state index in [1.54, 1.807) is 0 Å². The Morgan fingerprint density at radius 1 is 1.50 bits per heavy atom. The van der Waals surface area contributed by atoms with Crippen molar-refractivity contribution >= 4 is 6.72 Å². The average Bonchev–Trinajstić information content (AvgIpc) is 1.59. The summed E-state index contributed by atoms with van der Waals surface area (Å²) in [4.78, 5) is 4.71. The summed E-state index contributed by atoms with van der Waals surface area (Å²) in [6, 6.07) is 0. The van der Waals surface area contributed by atoms with Gasteiger partial charge in [0, 0.05) is 6.72 Å².